The van der Waals surface area contributed by atoms with Gasteiger partial charge in [-0.05, 0) is 49.7 Å². The predicted molar refractivity (Wildman–Crippen MR) is 101 cm³/mol. The Morgan fingerprint density at radius 2 is 1.86 bits per heavy atom. The van der Waals surface area contributed by atoms with E-state index in [1.807, 2.05) is 26.0 Å². The summed E-state index contributed by atoms with van der Waals surface area (Å²) in [4.78, 5) is 28.3. The van der Waals surface area contributed by atoms with Gasteiger partial charge in [0.05, 0.1) is 12.6 Å². The van der Waals surface area contributed by atoms with Gasteiger partial charge in [0.2, 0.25) is 5.78 Å². The molecule has 0 bridgehead atoms. The zero-order valence-corrected chi connectivity index (χ0v) is 15.7. The number of halogens is 1. The molecule has 0 fully saturated rings. The second-order valence-electron chi connectivity index (χ2n) is 6.53. The van der Waals surface area contributed by atoms with Crippen molar-refractivity contribution in [1.29, 1.82) is 0 Å². The predicted octanol–water partition coefficient (Wildman–Crippen LogP) is 4.46. The van der Waals surface area contributed by atoms with E-state index in [-0.39, 0.29) is 31.0 Å². The molecule has 0 amide bonds. The van der Waals surface area contributed by atoms with Crippen LogP contribution >= 0.6 is 0 Å². The monoisotopic (exact) mass is 381 g/mol. The molecule has 1 heterocycles. The number of oxazole rings is 1. The van der Waals surface area contributed by atoms with Crippen LogP contribution in [0.5, 0.6) is 0 Å². The minimum atomic E-state index is -0.500. The molecule has 3 rings (SSSR count). The van der Waals surface area contributed by atoms with Gasteiger partial charge < -0.3 is 9.15 Å². The lowest BCUT2D eigenvalue weighted by Gasteiger charge is -2.07. The van der Waals surface area contributed by atoms with Crippen LogP contribution in [0, 0.1) is 19.7 Å². The van der Waals surface area contributed by atoms with E-state index in [1.54, 1.807) is 18.2 Å². The van der Waals surface area contributed by atoms with Crippen molar-refractivity contribution >= 4 is 11.8 Å². The molecule has 0 unspecified atom stereocenters. The Bertz CT molecular complexity index is 992. The van der Waals surface area contributed by atoms with Crippen molar-refractivity contribution in [3.8, 4) is 11.3 Å². The van der Waals surface area contributed by atoms with E-state index in [0.717, 1.165) is 11.1 Å². The number of Topliss-reactive ketones (excluding diaryl/α,β-unsaturated/α-hetero) is 1. The van der Waals surface area contributed by atoms with Crippen LogP contribution in [0.25, 0.3) is 11.3 Å². The van der Waals surface area contributed by atoms with E-state index in [9.17, 15) is 14.0 Å². The minimum Gasteiger partial charge on any atom is -0.457 e. The molecule has 3 aromatic rings. The minimum absolute atomic E-state index is 0.0451. The van der Waals surface area contributed by atoms with Crippen molar-refractivity contribution in [3.63, 3.8) is 0 Å². The molecule has 28 heavy (non-hydrogen) atoms. The highest BCUT2D eigenvalue weighted by Crippen LogP contribution is 2.21. The van der Waals surface area contributed by atoms with Crippen molar-refractivity contribution in [3.05, 3.63) is 77.1 Å². The number of ether oxygens (including phenoxy) is 1. The summed E-state index contributed by atoms with van der Waals surface area (Å²) < 4.78 is 23.6. The van der Waals surface area contributed by atoms with Crippen LogP contribution in [0.4, 0.5) is 4.39 Å². The molecular formula is C22H20FNO4. The van der Waals surface area contributed by atoms with Gasteiger partial charge in [-0.15, -0.1) is 0 Å². The third-order valence-electron chi connectivity index (χ3n) is 4.28. The van der Waals surface area contributed by atoms with Gasteiger partial charge in [0, 0.05) is 17.5 Å². The SMILES string of the molecule is Cc1ccc(C)c(C(=O)COC(=O)CCc2ncc(-c3ccc(F)cc3)o2)c1. The highest BCUT2D eigenvalue weighted by molar-refractivity contribution is 5.99. The molecule has 0 saturated carbocycles. The smallest absolute Gasteiger partial charge is 0.306 e. The number of carbonyl (C=O) groups excluding carboxylic acids is 2. The molecule has 6 heteroatoms. The Morgan fingerprint density at radius 3 is 2.61 bits per heavy atom. The van der Waals surface area contributed by atoms with E-state index in [0.29, 0.717) is 22.8 Å². The van der Waals surface area contributed by atoms with E-state index in [4.69, 9.17) is 9.15 Å². The fourth-order valence-corrected chi connectivity index (χ4v) is 2.71. The third-order valence-corrected chi connectivity index (χ3v) is 4.28. The Morgan fingerprint density at radius 1 is 1.11 bits per heavy atom. The van der Waals surface area contributed by atoms with Gasteiger partial charge in [-0.3, -0.25) is 9.59 Å². The number of esters is 1. The Balaban J connectivity index is 1.50. The lowest BCUT2D eigenvalue weighted by atomic mass is 10.0. The van der Waals surface area contributed by atoms with Gasteiger partial charge in [-0.2, -0.15) is 0 Å². The number of nitrogens with zero attached hydrogens (tertiary/aromatic N) is 1. The first-order valence-corrected chi connectivity index (χ1v) is 8.89. The summed E-state index contributed by atoms with van der Waals surface area (Å²) in [5, 5.41) is 0. The summed E-state index contributed by atoms with van der Waals surface area (Å²) in [6.45, 7) is 3.45. The summed E-state index contributed by atoms with van der Waals surface area (Å²) in [6.07, 6.45) is 1.82. The first-order valence-electron chi connectivity index (χ1n) is 8.89. The van der Waals surface area contributed by atoms with E-state index >= 15 is 0 Å². The van der Waals surface area contributed by atoms with Gasteiger partial charge in [0.25, 0.3) is 0 Å². The van der Waals surface area contributed by atoms with Crippen LogP contribution in [0.3, 0.4) is 0 Å². The zero-order valence-electron chi connectivity index (χ0n) is 15.7. The topological polar surface area (TPSA) is 69.4 Å². The number of carbonyl (C=O) groups is 2. The molecule has 0 aliphatic rings. The molecule has 0 atom stereocenters. The molecule has 2 aromatic carbocycles. The first kappa shape index (κ1) is 19.5. The largest absolute Gasteiger partial charge is 0.457 e. The quantitative estimate of drug-likeness (QED) is 0.446. The normalized spacial score (nSPS) is 10.7. The molecule has 0 N–H and O–H groups in total. The number of rotatable bonds is 7. The van der Waals surface area contributed by atoms with Gasteiger partial charge in [-0.1, -0.05) is 17.7 Å². The van der Waals surface area contributed by atoms with Crippen LogP contribution in [-0.2, 0) is 16.0 Å². The van der Waals surface area contributed by atoms with Crippen molar-refractivity contribution in [1.82, 2.24) is 4.98 Å². The molecule has 0 radical (unpaired) electrons. The lowest BCUT2D eigenvalue weighted by molar-refractivity contribution is -0.142. The first-order chi connectivity index (χ1) is 13.4. The number of aryl methyl sites for hydroxylation is 3. The van der Waals surface area contributed by atoms with Crippen LogP contribution in [0.1, 0.15) is 33.8 Å². The van der Waals surface area contributed by atoms with Crippen molar-refractivity contribution in [2.75, 3.05) is 6.61 Å². The van der Waals surface area contributed by atoms with Crippen LogP contribution in [0.15, 0.2) is 53.1 Å². The highest BCUT2D eigenvalue weighted by Gasteiger charge is 2.14. The maximum absolute atomic E-state index is 13.0. The summed E-state index contributed by atoms with van der Waals surface area (Å²) in [7, 11) is 0. The summed E-state index contributed by atoms with van der Waals surface area (Å²) in [5.74, 6) is -0.198. The maximum atomic E-state index is 13.0. The van der Waals surface area contributed by atoms with Gasteiger partial charge in [0.15, 0.2) is 18.3 Å². The van der Waals surface area contributed by atoms with Crippen LogP contribution in [0.2, 0.25) is 0 Å². The summed E-state index contributed by atoms with van der Waals surface area (Å²) >= 11 is 0. The van der Waals surface area contributed by atoms with Gasteiger partial charge >= 0.3 is 5.97 Å². The highest BCUT2D eigenvalue weighted by atomic mass is 19.1. The Hall–Kier alpha value is -3.28. The molecule has 144 valence electrons. The van der Waals surface area contributed by atoms with E-state index in [1.165, 1.54) is 18.3 Å². The molecule has 0 aliphatic heterocycles. The molecule has 0 saturated heterocycles. The maximum Gasteiger partial charge on any atom is 0.306 e. The van der Waals surface area contributed by atoms with Crippen LogP contribution in [-0.4, -0.2) is 23.3 Å². The third kappa shape index (κ3) is 4.91. The summed E-state index contributed by atoms with van der Waals surface area (Å²) in [6, 6.07) is 11.4. The zero-order chi connectivity index (χ0) is 20.1. The fraction of sp³-hybridized carbons (Fsp3) is 0.227. The number of aromatic nitrogens is 1. The van der Waals surface area contributed by atoms with Crippen molar-refractivity contribution < 1.29 is 23.1 Å². The Labute approximate surface area is 162 Å². The molecular weight excluding hydrogens is 361 g/mol. The summed E-state index contributed by atoms with van der Waals surface area (Å²) in [5.41, 5.74) is 3.08. The second kappa shape index (κ2) is 8.61. The number of ketones is 1. The van der Waals surface area contributed by atoms with E-state index in [2.05, 4.69) is 4.98 Å². The number of benzene rings is 2. The fourth-order valence-electron chi connectivity index (χ4n) is 2.71. The second-order valence-corrected chi connectivity index (χ2v) is 6.53. The van der Waals surface area contributed by atoms with E-state index < -0.39 is 5.97 Å². The Kier molecular flexibility index (Phi) is 5.99. The van der Waals surface area contributed by atoms with Crippen molar-refractivity contribution in [2.45, 2.75) is 26.7 Å². The number of hydrogen-bond donors (Lipinski definition) is 0. The average molecular weight is 381 g/mol. The van der Waals surface area contributed by atoms with Crippen molar-refractivity contribution in [2.24, 2.45) is 0 Å². The standard InChI is InChI=1S/C22H20FNO4/c1-14-3-4-15(2)18(11-14)19(25)13-27-22(26)10-9-21-24-12-20(28-21)16-5-7-17(23)8-6-16/h3-8,11-12H,9-10,13H2,1-2H3. The van der Waals surface area contributed by atoms with Gasteiger partial charge in [-0.25, -0.2) is 9.37 Å². The van der Waals surface area contributed by atoms with Gasteiger partial charge in [0.1, 0.15) is 5.82 Å². The molecule has 0 spiro atoms. The van der Waals surface area contributed by atoms with Crippen LogP contribution < -0.4 is 0 Å². The molecule has 0 aliphatic carbocycles. The average Bonchev–Trinajstić information content (AvgIpc) is 3.16. The lowest BCUT2D eigenvalue weighted by Crippen LogP contribution is -2.15. The number of hydrogen-bond acceptors (Lipinski definition) is 5. The molecule has 5 nitrogen and oxygen atoms in total. The molecule has 1 aromatic heterocycles.